The van der Waals surface area contributed by atoms with Crippen molar-refractivity contribution in [2.24, 2.45) is 5.73 Å². The smallest absolute Gasteiger partial charge is 0.320 e. The summed E-state index contributed by atoms with van der Waals surface area (Å²) < 4.78 is 0. The first kappa shape index (κ1) is 9.77. The molecule has 2 aliphatic rings. The number of hydrogen-bond donors (Lipinski definition) is 1. The van der Waals surface area contributed by atoms with Gasteiger partial charge >= 0.3 is 6.03 Å². The van der Waals surface area contributed by atoms with Crippen LogP contribution in [0, 0.1) is 0 Å². The molecule has 0 spiro atoms. The highest BCUT2D eigenvalue weighted by molar-refractivity contribution is 5.76. The largest absolute Gasteiger partial charge is 0.325 e. The van der Waals surface area contributed by atoms with Crippen LogP contribution in [0.15, 0.2) is 0 Å². The van der Waals surface area contributed by atoms with Crippen molar-refractivity contribution in [3.05, 3.63) is 0 Å². The fourth-order valence-corrected chi connectivity index (χ4v) is 2.18. The fourth-order valence-electron chi connectivity index (χ4n) is 2.18. The number of carbonyl (C=O) groups excluding carboxylic acids is 1. The Morgan fingerprint density at radius 2 is 1.86 bits per heavy atom. The molecule has 0 saturated carbocycles. The summed E-state index contributed by atoms with van der Waals surface area (Å²) in [5.41, 5.74) is 5.91. The lowest BCUT2D eigenvalue weighted by atomic mass is 9.89. The van der Waals surface area contributed by atoms with Crippen molar-refractivity contribution in [2.45, 2.75) is 31.7 Å². The third-order valence-electron chi connectivity index (χ3n) is 3.36. The minimum absolute atomic E-state index is 0.102. The van der Waals surface area contributed by atoms with Gasteiger partial charge in [-0.05, 0) is 19.3 Å². The van der Waals surface area contributed by atoms with Crippen LogP contribution in [0.5, 0.6) is 0 Å². The molecule has 4 heteroatoms. The van der Waals surface area contributed by atoms with Gasteiger partial charge in [-0.25, -0.2) is 4.79 Å². The van der Waals surface area contributed by atoms with Gasteiger partial charge in [0.1, 0.15) is 0 Å². The summed E-state index contributed by atoms with van der Waals surface area (Å²) in [7, 11) is 0. The normalized spacial score (nSPS) is 25.0. The van der Waals surface area contributed by atoms with E-state index in [0.29, 0.717) is 0 Å². The van der Waals surface area contributed by atoms with E-state index in [2.05, 4.69) is 6.92 Å². The third kappa shape index (κ3) is 1.59. The molecule has 2 heterocycles. The Hall–Kier alpha value is -0.770. The van der Waals surface area contributed by atoms with Gasteiger partial charge < -0.3 is 15.5 Å². The van der Waals surface area contributed by atoms with Crippen LogP contribution in [0.25, 0.3) is 0 Å². The zero-order valence-corrected chi connectivity index (χ0v) is 8.83. The van der Waals surface area contributed by atoms with Crippen molar-refractivity contribution < 1.29 is 4.79 Å². The van der Waals surface area contributed by atoms with Crippen LogP contribution < -0.4 is 5.73 Å². The number of nitrogens with zero attached hydrogens (tertiary/aromatic N) is 2. The first-order valence-electron chi connectivity index (χ1n) is 5.47. The van der Waals surface area contributed by atoms with E-state index in [0.717, 1.165) is 45.4 Å². The maximum atomic E-state index is 11.8. The van der Waals surface area contributed by atoms with Gasteiger partial charge in [0, 0.05) is 26.2 Å². The molecule has 0 aromatic rings. The van der Waals surface area contributed by atoms with E-state index in [1.165, 1.54) is 0 Å². The van der Waals surface area contributed by atoms with E-state index in [9.17, 15) is 4.79 Å². The second kappa shape index (κ2) is 3.42. The van der Waals surface area contributed by atoms with Crippen LogP contribution in [0.4, 0.5) is 4.79 Å². The van der Waals surface area contributed by atoms with Crippen LogP contribution in [-0.4, -0.2) is 47.5 Å². The molecule has 4 nitrogen and oxygen atoms in total. The summed E-state index contributed by atoms with van der Waals surface area (Å²) in [4.78, 5) is 15.6. The minimum atomic E-state index is -0.102. The molecule has 2 saturated heterocycles. The molecule has 2 amide bonds. The average Bonchev–Trinajstić information content (AvgIpc) is 2.64. The number of hydrogen-bond acceptors (Lipinski definition) is 2. The minimum Gasteiger partial charge on any atom is -0.325 e. The zero-order chi connectivity index (χ0) is 10.2. The number of urea groups is 1. The van der Waals surface area contributed by atoms with Crippen molar-refractivity contribution in [2.75, 3.05) is 26.2 Å². The Morgan fingerprint density at radius 1 is 1.29 bits per heavy atom. The molecule has 0 unspecified atom stereocenters. The number of amides is 2. The summed E-state index contributed by atoms with van der Waals surface area (Å²) in [5.74, 6) is 0. The van der Waals surface area contributed by atoms with Crippen molar-refractivity contribution >= 4 is 6.03 Å². The molecule has 0 bridgehead atoms. The van der Waals surface area contributed by atoms with Crippen molar-refractivity contribution in [3.8, 4) is 0 Å². The maximum Gasteiger partial charge on any atom is 0.320 e. The lowest BCUT2D eigenvalue weighted by molar-refractivity contribution is 0.0740. The molecule has 80 valence electrons. The van der Waals surface area contributed by atoms with Crippen LogP contribution in [0.2, 0.25) is 0 Å². The molecular weight excluding hydrogens is 178 g/mol. The maximum absolute atomic E-state index is 11.8. The van der Waals surface area contributed by atoms with Gasteiger partial charge in [-0.15, -0.1) is 0 Å². The van der Waals surface area contributed by atoms with Crippen LogP contribution in [-0.2, 0) is 0 Å². The fraction of sp³-hybridized carbons (Fsp3) is 0.900. The van der Waals surface area contributed by atoms with Gasteiger partial charge in [-0.2, -0.15) is 0 Å². The molecule has 14 heavy (non-hydrogen) atoms. The van der Waals surface area contributed by atoms with E-state index in [1.54, 1.807) is 0 Å². The van der Waals surface area contributed by atoms with E-state index < -0.39 is 0 Å². The van der Waals surface area contributed by atoms with Gasteiger partial charge in [0.15, 0.2) is 0 Å². The van der Waals surface area contributed by atoms with E-state index >= 15 is 0 Å². The molecule has 2 fully saturated rings. The Labute approximate surface area is 85.0 Å². The zero-order valence-electron chi connectivity index (χ0n) is 8.83. The molecular formula is C10H19N3O. The van der Waals surface area contributed by atoms with E-state index in [-0.39, 0.29) is 11.6 Å². The summed E-state index contributed by atoms with van der Waals surface area (Å²) >= 11 is 0. The van der Waals surface area contributed by atoms with Gasteiger partial charge in [-0.3, -0.25) is 0 Å². The highest BCUT2D eigenvalue weighted by Crippen LogP contribution is 2.23. The van der Waals surface area contributed by atoms with Gasteiger partial charge in [0.2, 0.25) is 0 Å². The SMILES string of the molecule is CCC1(N)CN(C(=O)N2CCCC2)C1. The highest BCUT2D eigenvalue weighted by atomic mass is 16.2. The predicted octanol–water partition coefficient (Wildman–Crippen LogP) is 0.625. The third-order valence-corrected chi connectivity index (χ3v) is 3.36. The van der Waals surface area contributed by atoms with Gasteiger partial charge in [0.05, 0.1) is 5.54 Å². The van der Waals surface area contributed by atoms with Crippen LogP contribution in [0.3, 0.4) is 0 Å². The molecule has 2 rings (SSSR count). The highest BCUT2D eigenvalue weighted by Gasteiger charge is 2.42. The van der Waals surface area contributed by atoms with Gasteiger partial charge in [-0.1, -0.05) is 6.92 Å². The molecule has 0 aromatic carbocycles. The van der Waals surface area contributed by atoms with Crippen LogP contribution >= 0.6 is 0 Å². The lowest BCUT2D eigenvalue weighted by Crippen LogP contribution is -2.69. The molecule has 0 radical (unpaired) electrons. The molecule has 2 aliphatic heterocycles. The Morgan fingerprint density at radius 3 is 2.36 bits per heavy atom. The van der Waals surface area contributed by atoms with Crippen molar-refractivity contribution in [1.29, 1.82) is 0 Å². The number of rotatable bonds is 1. The Bertz CT molecular complexity index is 230. The summed E-state index contributed by atoms with van der Waals surface area (Å²) in [5, 5.41) is 0. The van der Waals surface area contributed by atoms with Crippen molar-refractivity contribution in [3.63, 3.8) is 0 Å². The van der Waals surface area contributed by atoms with Crippen molar-refractivity contribution in [1.82, 2.24) is 9.80 Å². The molecule has 2 N–H and O–H groups in total. The first-order valence-corrected chi connectivity index (χ1v) is 5.47. The number of nitrogens with two attached hydrogens (primary N) is 1. The first-order chi connectivity index (χ1) is 6.64. The Balaban J connectivity index is 1.84. The number of likely N-dealkylation sites (tertiary alicyclic amines) is 2. The summed E-state index contributed by atoms with van der Waals surface area (Å²) in [6.45, 7) is 5.41. The molecule has 0 aromatic heterocycles. The monoisotopic (exact) mass is 197 g/mol. The quantitative estimate of drug-likeness (QED) is 0.670. The summed E-state index contributed by atoms with van der Waals surface area (Å²) in [6.07, 6.45) is 3.26. The lowest BCUT2D eigenvalue weighted by Gasteiger charge is -2.48. The number of carbonyl (C=O) groups is 1. The van der Waals surface area contributed by atoms with E-state index in [4.69, 9.17) is 5.73 Å². The standard InChI is InChI=1S/C10H19N3O/c1-2-10(11)7-13(8-10)9(14)12-5-3-4-6-12/h2-8,11H2,1H3. The topological polar surface area (TPSA) is 49.6 Å². The second-order valence-corrected chi connectivity index (χ2v) is 4.55. The average molecular weight is 197 g/mol. The molecule has 0 aliphatic carbocycles. The Kier molecular flexibility index (Phi) is 2.39. The van der Waals surface area contributed by atoms with Crippen LogP contribution in [0.1, 0.15) is 26.2 Å². The van der Waals surface area contributed by atoms with E-state index in [1.807, 2.05) is 9.80 Å². The molecule has 0 atom stereocenters. The predicted molar refractivity (Wildman–Crippen MR) is 55.0 cm³/mol. The van der Waals surface area contributed by atoms with Gasteiger partial charge in [0.25, 0.3) is 0 Å². The second-order valence-electron chi connectivity index (χ2n) is 4.55. The summed E-state index contributed by atoms with van der Waals surface area (Å²) in [6, 6.07) is 0.192.